The summed E-state index contributed by atoms with van der Waals surface area (Å²) >= 11 is 0. The Morgan fingerprint density at radius 1 is 0.875 bits per heavy atom. The first-order chi connectivity index (χ1) is 15.5. The second kappa shape index (κ2) is 9.72. The van der Waals surface area contributed by atoms with Gasteiger partial charge in [-0.2, -0.15) is 0 Å². The van der Waals surface area contributed by atoms with Gasteiger partial charge in [0.25, 0.3) is 0 Å². The van der Waals surface area contributed by atoms with Crippen LogP contribution in [0.2, 0.25) is 0 Å². The van der Waals surface area contributed by atoms with Gasteiger partial charge in [0.1, 0.15) is 0 Å². The quantitative estimate of drug-likeness (QED) is 0.653. The van der Waals surface area contributed by atoms with Crippen LogP contribution in [-0.2, 0) is 23.9 Å². The predicted octanol–water partition coefficient (Wildman–Crippen LogP) is 3.93. The highest BCUT2D eigenvalue weighted by molar-refractivity contribution is 6.23. The van der Waals surface area contributed by atoms with E-state index < -0.39 is 0 Å². The van der Waals surface area contributed by atoms with Crippen LogP contribution in [-0.4, -0.2) is 49.7 Å². The average Bonchev–Trinajstić information content (AvgIpc) is 3.05. The number of hydrogen-bond acceptors (Lipinski definition) is 5. The lowest BCUT2D eigenvalue weighted by atomic mass is 9.88. The van der Waals surface area contributed by atoms with Crippen molar-refractivity contribution >= 4 is 17.5 Å². The van der Waals surface area contributed by atoms with Crippen molar-refractivity contribution in [2.45, 2.75) is 50.9 Å². The van der Waals surface area contributed by atoms with E-state index in [-0.39, 0.29) is 34.9 Å². The molecule has 1 amide bonds. The summed E-state index contributed by atoms with van der Waals surface area (Å²) in [7, 11) is 2.76. The monoisotopic (exact) mass is 437 g/mol. The second-order valence-electron chi connectivity index (χ2n) is 8.90. The molecule has 1 aliphatic heterocycles. The number of Topliss-reactive ketones (excluding diaryl/α,β-unsaturated/α-hetero) is 2. The van der Waals surface area contributed by atoms with E-state index in [1.807, 2.05) is 11.0 Å². The molecule has 0 atom stereocenters. The molecule has 6 heteroatoms. The maximum absolute atomic E-state index is 13.0. The number of ether oxygens (including phenoxy) is 2. The summed E-state index contributed by atoms with van der Waals surface area (Å²) in [6.45, 7) is 1.57. The lowest BCUT2D eigenvalue weighted by Gasteiger charge is -2.33. The Morgan fingerprint density at radius 2 is 1.41 bits per heavy atom. The minimum atomic E-state index is -0.256. The van der Waals surface area contributed by atoms with Crippen LogP contribution in [0.1, 0.15) is 56.4 Å². The van der Waals surface area contributed by atoms with Crippen LogP contribution < -0.4 is 0 Å². The lowest BCUT2D eigenvalue weighted by molar-refractivity contribution is -0.133. The van der Waals surface area contributed by atoms with Crippen molar-refractivity contribution in [2.24, 2.45) is 5.92 Å². The van der Waals surface area contributed by atoms with Gasteiger partial charge in [0.2, 0.25) is 29.0 Å². The normalized spacial score (nSPS) is 20.9. The molecule has 0 unspecified atom stereocenters. The number of amides is 1. The van der Waals surface area contributed by atoms with E-state index in [0.29, 0.717) is 36.3 Å². The van der Waals surface area contributed by atoms with Crippen molar-refractivity contribution in [1.29, 1.82) is 0 Å². The number of benzene rings is 1. The molecule has 0 spiro atoms. The summed E-state index contributed by atoms with van der Waals surface area (Å²) in [6.07, 6.45) is 4.90. The van der Waals surface area contributed by atoms with Crippen molar-refractivity contribution in [3.63, 3.8) is 0 Å². The number of methoxy groups -OCH3 is 2. The molecule has 32 heavy (non-hydrogen) atoms. The largest absolute Gasteiger partial charge is 0.489 e. The molecule has 2 aliphatic carbocycles. The molecule has 4 rings (SSSR count). The molecular formula is C26H31NO5. The van der Waals surface area contributed by atoms with Gasteiger partial charge < -0.3 is 14.4 Å². The zero-order valence-corrected chi connectivity index (χ0v) is 18.9. The predicted molar refractivity (Wildman–Crippen MR) is 120 cm³/mol. The van der Waals surface area contributed by atoms with Crippen molar-refractivity contribution in [3.8, 4) is 0 Å². The number of rotatable bonds is 5. The van der Waals surface area contributed by atoms with Crippen LogP contribution in [0, 0.1) is 5.92 Å². The zero-order chi connectivity index (χ0) is 22.7. The molecule has 3 aliphatic rings. The number of allylic oxidation sites excluding steroid dienone is 2. The Kier molecular flexibility index (Phi) is 6.77. The van der Waals surface area contributed by atoms with E-state index in [9.17, 15) is 14.4 Å². The van der Waals surface area contributed by atoms with E-state index in [0.717, 1.165) is 38.8 Å². The first-order valence-electron chi connectivity index (χ1n) is 11.5. The molecule has 0 saturated carbocycles. The summed E-state index contributed by atoms with van der Waals surface area (Å²) in [5, 5.41) is 0. The molecule has 0 bridgehead atoms. The molecular weight excluding hydrogens is 406 g/mol. The molecule has 1 aromatic carbocycles. The fourth-order valence-electron chi connectivity index (χ4n) is 5.26. The third-order valence-corrected chi connectivity index (χ3v) is 7.13. The molecule has 6 nitrogen and oxygen atoms in total. The van der Waals surface area contributed by atoms with E-state index in [4.69, 9.17) is 9.47 Å². The van der Waals surface area contributed by atoms with Gasteiger partial charge in [-0.3, -0.25) is 14.4 Å². The Morgan fingerprint density at radius 3 is 1.91 bits per heavy atom. The maximum atomic E-state index is 13.0. The smallest absolute Gasteiger partial charge is 0.228 e. The molecule has 0 aromatic heterocycles. The summed E-state index contributed by atoms with van der Waals surface area (Å²) < 4.78 is 10.3. The Balaban J connectivity index is 1.33. The highest BCUT2D eigenvalue weighted by Crippen LogP contribution is 2.37. The minimum absolute atomic E-state index is 0.00735. The number of piperidine rings is 1. The fraction of sp³-hybridized carbons (Fsp3) is 0.500. The van der Waals surface area contributed by atoms with Crippen molar-refractivity contribution in [2.75, 3.05) is 27.3 Å². The van der Waals surface area contributed by atoms with Crippen LogP contribution in [0.25, 0.3) is 0 Å². The van der Waals surface area contributed by atoms with Gasteiger partial charge in [-0.1, -0.05) is 30.3 Å². The number of likely N-dealkylation sites (tertiary alicyclic amines) is 1. The topological polar surface area (TPSA) is 72.9 Å². The van der Waals surface area contributed by atoms with Gasteiger partial charge >= 0.3 is 0 Å². The third kappa shape index (κ3) is 4.36. The minimum Gasteiger partial charge on any atom is -0.489 e. The van der Waals surface area contributed by atoms with Crippen molar-refractivity contribution < 1.29 is 23.9 Å². The molecule has 1 fully saturated rings. The SMILES string of the molecule is COC1=C(OC)C(=O)C2=C(CCC(CC(=O)N3CCC(c4ccccc4)CC3)CC2)C1=O. The van der Waals surface area contributed by atoms with E-state index >= 15 is 0 Å². The summed E-state index contributed by atoms with van der Waals surface area (Å²) in [5.41, 5.74) is 2.42. The second-order valence-corrected chi connectivity index (χ2v) is 8.90. The van der Waals surface area contributed by atoms with Crippen LogP contribution >= 0.6 is 0 Å². The first-order valence-corrected chi connectivity index (χ1v) is 11.5. The Hall–Kier alpha value is -2.89. The number of carbonyl (C=O) groups excluding carboxylic acids is 3. The lowest BCUT2D eigenvalue weighted by Crippen LogP contribution is -2.38. The average molecular weight is 438 g/mol. The van der Waals surface area contributed by atoms with E-state index in [1.165, 1.54) is 19.8 Å². The first kappa shape index (κ1) is 22.3. The van der Waals surface area contributed by atoms with Gasteiger partial charge in [0, 0.05) is 30.7 Å². The Bertz CT molecular complexity index is 914. The maximum Gasteiger partial charge on any atom is 0.228 e. The highest BCUT2D eigenvalue weighted by atomic mass is 16.5. The third-order valence-electron chi connectivity index (χ3n) is 7.13. The van der Waals surface area contributed by atoms with Gasteiger partial charge in [-0.05, 0) is 55.9 Å². The number of ketones is 2. The molecule has 0 N–H and O–H groups in total. The van der Waals surface area contributed by atoms with Gasteiger partial charge in [-0.25, -0.2) is 0 Å². The van der Waals surface area contributed by atoms with E-state index in [1.54, 1.807) is 0 Å². The molecule has 0 radical (unpaired) electrons. The van der Waals surface area contributed by atoms with Crippen LogP contribution in [0.5, 0.6) is 0 Å². The number of carbonyl (C=O) groups is 3. The Labute approximate surface area is 189 Å². The fourth-order valence-corrected chi connectivity index (χ4v) is 5.26. The van der Waals surface area contributed by atoms with Crippen LogP contribution in [0.4, 0.5) is 0 Å². The van der Waals surface area contributed by atoms with Gasteiger partial charge in [0.05, 0.1) is 14.2 Å². The van der Waals surface area contributed by atoms with Gasteiger partial charge in [-0.15, -0.1) is 0 Å². The molecule has 170 valence electrons. The van der Waals surface area contributed by atoms with Gasteiger partial charge in [0.15, 0.2) is 0 Å². The standard InChI is InChI=1S/C26H31NO5/c1-31-25-23(29)20-10-8-17(9-11-21(20)24(30)26(25)32-2)16-22(28)27-14-12-19(13-15-27)18-6-4-3-5-7-18/h3-7,17,19H,8-16H2,1-2H3. The van der Waals surface area contributed by atoms with Crippen molar-refractivity contribution in [1.82, 2.24) is 4.90 Å². The van der Waals surface area contributed by atoms with Crippen LogP contribution in [0.3, 0.4) is 0 Å². The van der Waals surface area contributed by atoms with Crippen molar-refractivity contribution in [3.05, 3.63) is 58.6 Å². The molecule has 1 aromatic rings. The summed E-state index contributed by atoms with van der Waals surface area (Å²) in [5.74, 6) is 0.343. The molecule has 1 saturated heterocycles. The molecule has 1 heterocycles. The number of hydrogen-bond donors (Lipinski definition) is 0. The van der Waals surface area contributed by atoms with Crippen LogP contribution in [0.15, 0.2) is 53.0 Å². The number of nitrogens with zero attached hydrogens (tertiary/aromatic N) is 1. The summed E-state index contributed by atoms with van der Waals surface area (Å²) in [6, 6.07) is 10.5. The zero-order valence-electron chi connectivity index (χ0n) is 18.9. The summed E-state index contributed by atoms with van der Waals surface area (Å²) in [4.78, 5) is 40.6. The highest BCUT2D eigenvalue weighted by Gasteiger charge is 2.38. The van der Waals surface area contributed by atoms with E-state index in [2.05, 4.69) is 24.3 Å².